The lowest BCUT2D eigenvalue weighted by atomic mass is 9.99. The van der Waals surface area contributed by atoms with Crippen LogP contribution < -0.4 is 5.32 Å². The van der Waals surface area contributed by atoms with E-state index in [1.54, 1.807) is 4.90 Å². The van der Waals surface area contributed by atoms with Gasteiger partial charge < -0.3 is 15.3 Å². The number of carboxylic acid groups (broad SMARTS) is 1. The van der Waals surface area contributed by atoms with E-state index >= 15 is 0 Å². The van der Waals surface area contributed by atoms with Gasteiger partial charge in [-0.25, -0.2) is 4.79 Å². The summed E-state index contributed by atoms with van der Waals surface area (Å²) in [6.45, 7) is 1.74. The third kappa shape index (κ3) is 4.39. The van der Waals surface area contributed by atoms with Crippen LogP contribution in [0.5, 0.6) is 0 Å². The molecule has 1 saturated heterocycles. The van der Waals surface area contributed by atoms with Crippen LogP contribution in [-0.2, 0) is 4.79 Å². The zero-order valence-electron chi connectivity index (χ0n) is 12.1. The minimum Gasteiger partial charge on any atom is -0.481 e. The molecule has 0 aromatic heterocycles. The maximum absolute atomic E-state index is 12.0. The summed E-state index contributed by atoms with van der Waals surface area (Å²) in [4.78, 5) is 24.6. The topological polar surface area (TPSA) is 69.6 Å². The average Bonchev–Trinajstić information content (AvgIpc) is 2.96. The van der Waals surface area contributed by atoms with Gasteiger partial charge in [0, 0.05) is 19.6 Å². The summed E-state index contributed by atoms with van der Waals surface area (Å²) in [5.41, 5.74) is 0. The number of amides is 2. The van der Waals surface area contributed by atoms with Crippen molar-refractivity contribution in [1.82, 2.24) is 10.2 Å². The number of carbonyl (C=O) groups excluding carboxylic acids is 1. The SMILES string of the molecule is O=C(O)[C@@H]1CCCN(C(=O)NCCCC2CCCC2)C1. The van der Waals surface area contributed by atoms with Gasteiger partial charge in [-0.15, -0.1) is 0 Å². The lowest BCUT2D eigenvalue weighted by molar-refractivity contribution is -0.143. The molecule has 0 spiro atoms. The van der Waals surface area contributed by atoms with Crippen LogP contribution in [0.3, 0.4) is 0 Å². The van der Waals surface area contributed by atoms with Crippen molar-refractivity contribution in [2.24, 2.45) is 11.8 Å². The first-order chi connectivity index (χ1) is 9.66. The maximum atomic E-state index is 12.0. The van der Waals surface area contributed by atoms with Crippen molar-refractivity contribution in [2.45, 2.75) is 51.4 Å². The van der Waals surface area contributed by atoms with Crippen molar-refractivity contribution >= 4 is 12.0 Å². The van der Waals surface area contributed by atoms with Crippen molar-refractivity contribution in [3.8, 4) is 0 Å². The molecule has 5 nitrogen and oxygen atoms in total. The van der Waals surface area contributed by atoms with Gasteiger partial charge >= 0.3 is 12.0 Å². The number of carbonyl (C=O) groups is 2. The number of nitrogens with zero attached hydrogens (tertiary/aromatic N) is 1. The van der Waals surface area contributed by atoms with Crippen molar-refractivity contribution in [3.63, 3.8) is 0 Å². The molecule has 5 heteroatoms. The van der Waals surface area contributed by atoms with E-state index in [1.807, 2.05) is 0 Å². The zero-order valence-corrected chi connectivity index (χ0v) is 12.1. The van der Waals surface area contributed by atoms with Crippen molar-refractivity contribution in [1.29, 1.82) is 0 Å². The molecular formula is C15H26N2O3. The fraction of sp³-hybridized carbons (Fsp3) is 0.867. The minimum atomic E-state index is -0.788. The predicted octanol–water partition coefficient (Wildman–Crippen LogP) is 2.46. The summed E-state index contributed by atoms with van der Waals surface area (Å²) in [5, 5.41) is 11.9. The molecule has 2 N–H and O–H groups in total. The maximum Gasteiger partial charge on any atom is 0.317 e. The van der Waals surface area contributed by atoms with Gasteiger partial charge in [-0.3, -0.25) is 4.79 Å². The monoisotopic (exact) mass is 282 g/mol. The van der Waals surface area contributed by atoms with E-state index in [0.717, 1.165) is 18.8 Å². The summed E-state index contributed by atoms with van der Waals surface area (Å²) in [7, 11) is 0. The molecule has 1 aliphatic carbocycles. The van der Waals surface area contributed by atoms with Gasteiger partial charge in [-0.1, -0.05) is 25.7 Å². The number of aliphatic carboxylic acids is 1. The molecule has 0 bridgehead atoms. The lowest BCUT2D eigenvalue weighted by Gasteiger charge is -2.30. The quantitative estimate of drug-likeness (QED) is 0.761. The number of carboxylic acids is 1. The molecule has 114 valence electrons. The zero-order chi connectivity index (χ0) is 14.4. The third-order valence-corrected chi connectivity index (χ3v) is 4.60. The van der Waals surface area contributed by atoms with Gasteiger partial charge in [0.1, 0.15) is 0 Å². The molecule has 2 fully saturated rings. The normalized spacial score (nSPS) is 23.8. The summed E-state index contributed by atoms with van der Waals surface area (Å²) in [6.07, 6.45) is 9.13. The van der Waals surface area contributed by atoms with E-state index in [9.17, 15) is 9.59 Å². The molecule has 0 aromatic rings. The first-order valence-electron chi connectivity index (χ1n) is 7.92. The molecule has 2 amide bonds. The summed E-state index contributed by atoms with van der Waals surface area (Å²) in [6, 6.07) is -0.0950. The van der Waals surface area contributed by atoms with Crippen molar-refractivity contribution < 1.29 is 14.7 Å². The molecule has 20 heavy (non-hydrogen) atoms. The number of likely N-dealkylation sites (tertiary alicyclic amines) is 1. The van der Waals surface area contributed by atoms with Crippen LogP contribution in [0.1, 0.15) is 51.4 Å². The van der Waals surface area contributed by atoms with Crippen LogP contribution in [0, 0.1) is 11.8 Å². The van der Waals surface area contributed by atoms with E-state index in [2.05, 4.69) is 5.32 Å². The Balaban J connectivity index is 1.62. The van der Waals surface area contributed by atoms with Crippen LogP contribution in [0.15, 0.2) is 0 Å². The van der Waals surface area contributed by atoms with Crippen molar-refractivity contribution in [3.05, 3.63) is 0 Å². The number of urea groups is 1. The standard InChI is InChI=1S/C15H26N2O3/c18-14(19)13-8-4-10-17(11-13)15(20)16-9-3-7-12-5-1-2-6-12/h12-13H,1-11H2,(H,16,20)(H,18,19)/t13-/m1/s1. The average molecular weight is 282 g/mol. The highest BCUT2D eigenvalue weighted by Crippen LogP contribution is 2.28. The molecule has 1 aliphatic heterocycles. The Morgan fingerprint density at radius 2 is 1.90 bits per heavy atom. The van der Waals surface area contributed by atoms with E-state index in [4.69, 9.17) is 5.11 Å². The van der Waals surface area contributed by atoms with Crippen LogP contribution in [0.25, 0.3) is 0 Å². The highest BCUT2D eigenvalue weighted by molar-refractivity contribution is 5.76. The summed E-state index contributed by atoms with van der Waals surface area (Å²) in [5.74, 6) is -0.324. The van der Waals surface area contributed by atoms with Gasteiger partial charge in [0.15, 0.2) is 0 Å². The predicted molar refractivity (Wildman–Crippen MR) is 76.5 cm³/mol. The number of piperidine rings is 1. The molecule has 2 aliphatic rings. The largest absolute Gasteiger partial charge is 0.481 e. The van der Waals surface area contributed by atoms with Crippen LogP contribution in [-0.4, -0.2) is 41.6 Å². The second-order valence-corrected chi connectivity index (χ2v) is 6.15. The fourth-order valence-electron chi connectivity index (χ4n) is 3.36. The van der Waals surface area contributed by atoms with E-state index < -0.39 is 11.9 Å². The van der Waals surface area contributed by atoms with Gasteiger partial charge in [0.2, 0.25) is 0 Å². The Kier molecular flexibility index (Phi) is 5.68. The smallest absolute Gasteiger partial charge is 0.317 e. The summed E-state index contributed by atoms with van der Waals surface area (Å²) < 4.78 is 0. The molecule has 1 saturated carbocycles. The highest BCUT2D eigenvalue weighted by Gasteiger charge is 2.27. The Bertz CT molecular complexity index is 340. The second kappa shape index (κ2) is 7.50. The van der Waals surface area contributed by atoms with Crippen LogP contribution >= 0.6 is 0 Å². The molecule has 0 radical (unpaired) electrons. The molecule has 2 rings (SSSR count). The van der Waals surface area contributed by atoms with E-state index in [0.29, 0.717) is 26.1 Å². The van der Waals surface area contributed by atoms with E-state index in [1.165, 1.54) is 32.1 Å². The van der Waals surface area contributed by atoms with Crippen LogP contribution in [0.4, 0.5) is 4.79 Å². The number of nitrogens with one attached hydrogen (secondary N) is 1. The van der Waals surface area contributed by atoms with Crippen molar-refractivity contribution in [2.75, 3.05) is 19.6 Å². The van der Waals surface area contributed by atoms with Crippen LogP contribution in [0.2, 0.25) is 0 Å². The first-order valence-corrected chi connectivity index (χ1v) is 7.92. The fourth-order valence-corrected chi connectivity index (χ4v) is 3.36. The van der Waals surface area contributed by atoms with Gasteiger partial charge in [-0.2, -0.15) is 0 Å². The Hall–Kier alpha value is -1.26. The Morgan fingerprint density at radius 3 is 2.60 bits per heavy atom. The molecule has 1 atom stereocenters. The second-order valence-electron chi connectivity index (χ2n) is 6.15. The first kappa shape index (κ1) is 15.1. The Morgan fingerprint density at radius 1 is 1.15 bits per heavy atom. The number of hydrogen-bond acceptors (Lipinski definition) is 2. The highest BCUT2D eigenvalue weighted by atomic mass is 16.4. The van der Waals surface area contributed by atoms with Gasteiger partial charge in [-0.05, 0) is 31.6 Å². The molecule has 1 heterocycles. The van der Waals surface area contributed by atoms with E-state index in [-0.39, 0.29) is 6.03 Å². The van der Waals surface area contributed by atoms with Gasteiger partial charge in [0.25, 0.3) is 0 Å². The number of rotatable bonds is 5. The molecule has 0 unspecified atom stereocenters. The third-order valence-electron chi connectivity index (χ3n) is 4.60. The Labute approximate surface area is 120 Å². The minimum absolute atomic E-state index is 0.0950. The van der Waals surface area contributed by atoms with Gasteiger partial charge in [0.05, 0.1) is 5.92 Å². The number of hydrogen-bond donors (Lipinski definition) is 2. The summed E-state index contributed by atoms with van der Waals surface area (Å²) >= 11 is 0. The lowest BCUT2D eigenvalue weighted by Crippen LogP contribution is -2.47. The molecular weight excluding hydrogens is 256 g/mol. The molecule has 0 aromatic carbocycles.